The molecular weight excluding hydrogens is 246 g/mol. The van der Waals surface area contributed by atoms with E-state index in [2.05, 4.69) is 22.2 Å². The fraction of sp³-hybridized carbons (Fsp3) is 0.706. The van der Waals surface area contributed by atoms with Crippen LogP contribution < -0.4 is 5.32 Å². The number of nitrogens with zero attached hydrogens (tertiary/aromatic N) is 2. The van der Waals surface area contributed by atoms with Gasteiger partial charge in [-0.05, 0) is 45.1 Å². The molecule has 1 aromatic rings. The van der Waals surface area contributed by atoms with Crippen LogP contribution >= 0.6 is 0 Å². The quantitative estimate of drug-likeness (QED) is 0.793. The molecule has 1 N–H and O–H groups in total. The van der Waals surface area contributed by atoms with E-state index in [1.165, 1.54) is 25.9 Å². The molecule has 3 nitrogen and oxygen atoms in total. The second kappa shape index (κ2) is 23.0. The number of rotatable bonds is 1. The minimum atomic E-state index is 1.10. The van der Waals surface area contributed by atoms with Gasteiger partial charge in [0.05, 0.1) is 0 Å². The normalized spacial score (nSPS) is 12.0. The van der Waals surface area contributed by atoms with Crippen molar-refractivity contribution in [3.05, 3.63) is 24.5 Å². The summed E-state index contributed by atoms with van der Waals surface area (Å²) in [5.74, 6) is 0. The Balaban J connectivity index is -0.000000215. The zero-order chi connectivity index (χ0) is 16.2. The summed E-state index contributed by atoms with van der Waals surface area (Å²) in [7, 11) is 4.06. The van der Waals surface area contributed by atoms with Gasteiger partial charge < -0.3 is 10.2 Å². The lowest BCUT2D eigenvalue weighted by molar-refractivity contribution is 0.418. The SMILES string of the molecule is CC.CC.CC.CN1CCCC1.CNc1ccncc1. The highest BCUT2D eigenvalue weighted by Crippen LogP contribution is 2.02. The van der Waals surface area contributed by atoms with Gasteiger partial charge in [-0.3, -0.25) is 4.98 Å². The van der Waals surface area contributed by atoms with Crippen molar-refractivity contribution in [2.24, 2.45) is 0 Å². The molecule has 1 aromatic heterocycles. The largest absolute Gasteiger partial charge is 0.388 e. The van der Waals surface area contributed by atoms with Crippen molar-refractivity contribution in [1.82, 2.24) is 9.88 Å². The molecule has 1 fully saturated rings. The lowest BCUT2D eigenvalue weighted by atomic mass is 10.4. The summed E-state index contributed by atoms with van der Waals surface area (Å²) in [4.78, 5) is 6.21. The molecule has 0 spiro atoms. The molecule has 0 unspecified atom stereocenters. The Hall–Kier alpha value is -1.09. The van der Waals surface area contributed by atoms with Crippen LogP contribution in [-0.4, -0.2) is 37.1 Å². The highest BCUT2D eigenvalue weighted by Gasteiger charge is 2.03. The summed E-state index contributed by atoms with van der Waals surface area (Å²) in [6.07, 6.45) is 6.34. The number of nitrogens with one attached hydrogen (secondary N) is 1. The minimum Gasteiger partial charge on any atom is -0.388 e. The van der Waals surface area contributed by atoms with Crippen LogP contribution in [0.4, 0.5) is 5.69 Å². The highest BCUT2D eigenvalue weighted by molar-refractivity contribution is 5.39. The van der Waals surface area contributed by atoms with Gasteiger partial charge in [0.15, 0.2) is 0 Å². The lowest BCUT2D eigenvalue weighted by Gasteiger charge is -2.01. The van der Waals surface area contributed by atoms with Gasteiger partial charge in [0.25, 0.3) is 0 Å². The van der Waals surface area contributed by atoms with E-state index in [0.717, 1.165) is 5.69 Å². The van der Waals surface area contributed by atoms with Gasteiger partial charge in [-0.15, -0.1) is 0 Å². The number of hydrogen-bond donors (Lipinski definition) is 1. The van der Waals surface area contributed by atoms with E-state index in [1.807, 2.05) is 60.7 Å². The van der Waals surface area contributed by atoms with Crippen molar-refractivity contribution >= 4 is 5.69 Å². The van der Waals surface area contributed by atoms with Crippen molar-refractivity contribution in [2.45, 2.75) is 54.4 Å². The molecule has 1 aliphatic rings. The van der Waals surface area contributed by atoms with Crippen LogP contribution in [0.15, 0.2) is 24.5 Å². The monoisotopic (exact) mass is 283 g/mol. The molecule has 0 bridgehead atoms. The minimum absolute atomic E-state index is 1.10. The van der Waals surface area contributed by atoms with Gasteiger partial charge in [0, 0.05) is 25.1 Å². The molecule has 0 aromatic carbocycles. The summed E-state index contributed by atoms with van der Waals surface area (Å²) < 4.78 is 0. The van der Waals surface area contributed by atoms with Crippen LogP contribution in [0.1, 0.15) is 54.4 Å². The Labute approximate surface area is 127 Å². The van der Waals surface area contributed by atoms with E-state index in [-0.39, 0.29) is 0 Å². The Morgan fingerprint density at radius 3 is 1.50 bits per heavy atom. The second-order valence-corrected chi connectivity index (χ2v) is 3.50. The first-order valence-corrected chi connectivity index (χ1v) is 8.09. The zero-order valence-electron chi connectivity index (χ0n) is 15.0. The summed E-state index contributed by atoms with van der Waals surface area (Å²) in [6.45, 7) is 14.6. The van der Waals surface area contributed by atoms with Crippen molar-refractivity contribution in [2.75, 3.05) is 32.5 Å². The third-order valence-corrected chi connectivity index (χ3v) is 2.30. The molecule has 0 aliphatic carbocycles. The van der Waals surface area contributed by atoms with Gasteiger partial charge in [-0.1, -0.05) is 41.5 Å². The second-order valence-electron chi connectivity index (χ2n) is 3.50. The molecule has 20 heavy (non-hydrogen) atoms. The van der Waals surface area contributed by atoms with Crippen molar-refractivity contribution in [1.29, 1.82) is 0 Å². The highest BCUT2D eigenvalue weighted by atomic mass is 15.1. The van der Waals surface area contributed by atoms with Crippen LogP contribution in [0.25, 0.3) is 0 Å². The number of anilines is 1. The van der Waals surface area contributed by atoms with Crippen LogP contribution in [0.3, 0.4) is 0 Å². The van der Waals surface area contributed by atoms with E-state index in [1.54, 1.807) is 12.4 Å². The van der Waals surface area contributed by atoms with Crippen LogP contribution in [0.2, 0.25) is 0 Å². The molecule has 1 aliphatic heterocycles. The molecule has 0 atom stereocenters. The van der Waals surface area contributed by atoms with Crippen molar-refractivity contribution in [3.8, 4) is 0 Å². The topological polar surface area (TPSA) is 28.2 Å². The molecule has 0 radical (unpaired) electrons. The molecule has 0 amide bonds. The van der Waals surface area contributed by atoms with Crippen LogP contribution in [0, 0.1) is 0 Å². The summed E-state index contributed by atoms with van der Waals surface area (Å²) in [5.41, 5.74) is 1.10. The van der Waals surface area contributed by atoms with Gasteiger partial charge in [0.1, 0.15) is 0 Å². The fourth-order valence-corrected chi connectivity index (χ4v) is 1.39. The first-order valence-electron chi connectivity index (χ1n) is 8.09. The van der Waals surface area contributed by atoms with E-state index in [4.69, 9.17) is 0 Å². The van der Waals surface area contributed by atoms with E-state index < -0.39 is 0 Å². The first-order chi connectivity index (χ1) is 9.83. The molecule has 120 valence electrons. The van der Waals surface area contributed by atoms with E-state index in [0.29, 0.717) is 0 Å². The predicted octanol–water partition coefficient (Wildman–Crippen LogP) is 4.91. The first kappa shape index (κ1) is 24.0. The average Bonchev–Trinajstić information content (AvgIpc) is 3.05. The summed E-state index contributed by atoms with van der Waals surface area (Å²) >= 11 is 0. The molecule has 3 heteroatoms. The smallest absolute Gasteiger partial charge is 0.0368 e. The maximum absolute atomic E-state index is 3.85. The van der Waals surface area contributed by atoms with Gasteiger partial charge in [-0.25, -0.2) is 0 Å². The maximum atomic E-state index is 3.85. The van der Waals surface area contributed by atoms with Gasteiger partial charge in [-0.2, -0.15) is 0 Å². The number of likely N-dealkylation sites (tertiary alicyclic amines) is 1. The Bertz CT molecular complexity index is 231. The maximum Gasteiger partial charge on any atom is 0.0368 e. The Kier molecular flexibility index (Phi) is 27.6. The van der Waals surface area contributed by atoms with Crippen molar-refractivity contribution in [3.63, 3.8) is 0 Å². The van der Waals surface area contributed by atoms with Gasteiger partial charge >= 0.3 is 0 Å². The fourth-order valence-electron chi connectivity index (χ4n) is 1.39. The lowest BCUT2D eigenvalue weighted by Crippen LogP contribution is -2.10. The predicted molar refractivity (Wildman–Crippen MR) is 94.6 cm³/mol. The molecule has 2 heterocycles. The Morgan fingerprint density at radius 2 is 1.30 bits per heavy atom. The van der Waals surface area contributed by atoms with Crippen LogP contribution in [-0.2, 0) is 0 Å². The van der Waals surface area contributed by atoms with E-state index >= 15 is 0 Å². The number of hydrogen-bond acceptors (Lipinski definition) is 3. The zero-order valence-corrected chi connectivity index (χ0v) is 15.0. The Morgan fingerprint density at radius 1 is 0.900 bits per heavy atom. The standard InChI is InChI=1S/C6H8N2.C5H11N.3C2H6/c1-7-6-2-4-8-5-3-6;1-6-4-2-3-5-6;3*1-2/h2-5H,1H3,(H,7,8);2-5H2,1H3;3*1-2H3. The molecular formula is C17H37N3. The third kappa shape index (κ3) is 16.9. The molecule has 1 saturated heterocycles. The summed E-state index contributed by atoms with van der Waals surface area (Å²) in [5, 5.41) is 2.99. The number of pyridine rings is 1. The van der Waals surface area contributed by atoms with E-state index in [9.17, 15) is 0 Å². The molecule has 0 saturated carbocycles. The third-order valence-electron chi connectivity index (χ3n) is 2.30. The van der Waals surface area contributed by atoms with Gasteiger partial charge in [0.2, 0.25) is 0 Å². The van der Waals surface area contributed by atoms with Crippen molar-refractivity contribution < 1.29 is 0 Å². The molecule has 2 rings (SSSR count). The number of aromatic nitrogens is 1. The summed E-state index contributed by atoms with van der Waals surface area (Å²) in [6, 6.07) is 3.83. The van der Waals surface area contributed by atoms with Crippen LogP contribution in [0.5, 0.6) is 0 Å². The average molecular weight is 284 g/mol.